The van der Waals surface area contributed by atoms with Gasteiger partial charge in [-0.15, -0.1) is 0 Å². The lowest BCUT2D eigenvalue weighted by Crippen LogP contribution is -1.89. The topological polar surface area (TPSA) is 0 Å². The molecule has 0 atom stereocenters. The maximum absolute atomic E-state index is 2.36. The molecule has 0 N–H and O–H groups in total. The van der Waals surface area contributed by atoms with Crippen LogP contribution in [0, 0.1) is 0 Å². The monoisotopic (exact) mass is 198 g/mol. The van der Waals surface area contributed by atoms with E-state index >= 15 is 0 Å². The van der Waals surface area contributed by atoms with Crippen molar-refractivity contribution < 1.29 is 0 Å². The second-order valence-corrected chi connectivity index (χ2v) is 4.17. The standard InChI is InChI=1S/C15H18/c1-3-13-11-15-8-6-4-5-7-14(15)10-9-12(13)2/h4-5,7-10H,3,6,11H2,1-2H3. The second kappa shape index (κ2) is 4.48. The summed E-state index contributed by atoms with van der Waals surface area (Å²) in [5.41, 5.74) is 5.88. The molecule has 2 rings (SSSR count). The number of rotatable bonds is 1. The second-order valence-electron chi connectivity index (χ2n) is 4.17. The lowest BCUT2D eigenvalue weighted by Gasteiger charge is -2.08. The lowest BCUT2D eigenvalue weighted by molar-refractivity contribution is 0.981. The third-order valence-electron chi connectivity index (χ3n) is 3.18. The molecule has 0 aliphatic heterocycles. The van der Waals surface area contributed by atoms with Gasteiger partial charge in [0.2, 0.25) is 0 Å². The summed E-state index contributed by atoms with van der Waals surface area (Å²) in [7, 11) is 0. The van der Waals surface area contributed by atoms with Crippen molar-refractivity contribution in [2.45, 2.75) is 33.1 Å². The number of hydrogen-bond acceptors (Lipinski definition) is 0. The van der Waals surface area contributed by atoms with Crippen molar-refractivity contribution in [1.82, 2.24) is 0 Å². The first-order valence-electron chi connectivity index (χ1n) is 5.74. The van der Waals surface area contributed by atoms with Crippen LogP contribution in [0.2, 0.25) is 0 Å². The van der Waals surface area contributed by atoms with Crippen LogP contribution >= 0.6 is 0 Å². The van der Waals surface area contributed by atoms with E-state index in [4.69, 9.17) is 0 Å². The van der Waals surface area contributed by atoms with Crippen molar-refractivity contribution in [3.63, 3.8) is 0 Å². The maximum atomic E-state index is 2.36. The number of allylic oxidation sites excluding steroid dienone is 10. The van der Waals surface area contributed by atoms with E-state index in [0.29, 0.717) is 0 Å². The van der Waals surface area contributed by atoms with Crippen molar-refractivity contribution in [2.24, 2.45) is 0 Å². The Balaban J connectivity index is 2.39. The molecule has 15 heavy (non-hydrogen) atoms. The Kier molecular flexibility index (Phi) is 3.05. The van der Waals surface area contributed by atoms with Crippen LogP contribution in [-0.2, 0) is 0 Å². The summed E-state index contributed by atoms with van der Waals surface area (Å²) in [6.45, 7) is 4.47. The van der Waals surface area contributed by atoms with Crippen molar-refractivity contribution >= 4 is 0 Å². The minimum absolute atomic E-state index is 1.07. The molecule has 0 fully saturated rings. The fourth-order valence-corrected chi connectivity index (χ4v) is 2.13. The molecule has 2 aliphatic rings. The molecule has 0 aromatic heterocycles. The van der Waals surface area contributed by atoms with E-state index in [9.17, 15) is 0 Å². The van der Waals surface area contributed by atoms with Gasteiger partial charge >= 0.3 is 0 Å². The molecule has 0 aromatic carbocycles. The zero-order valence-corrected chi connectivity index (χ0v) is 9.59. The van der Waals surface area contributed by atoms with Gasteiger partial charge in [0.05, 0.1) is 0 Å². The van der Waals surface area contributed by atoms with E-state index in [0.717, 1.165) is 19.3 Å². The first kappa shape index (κ1) is 10.2. The summed E-state index contributed by atoms with van der Waals surface area (Å²) in [6.07, 6.45) is 16.8. The van der Waals surface area contributed by atoms with Gasteiger partial charge < -0.3 is 0 Å². The summed E-state index contributed by atoms with van der Waals surface area (Å²) in [5.74, 6) is 0. The van der Waals surface area contributed by atoms with Crippen LogP contribution in [0.4, 0.5) is 0 Å². The lowest BCUT2D eigenvalue weighted by atomic mass is 9.97. The highest BCUT2D eigenvalue weighted by Gasteiger charge is 2.10. The van der Waals surface area contributed by atoms with Crippen LogP contribution in [0.3, 0.4) is 0 Å². The Morgan fingerprint density at radius 2 is 2.13 bits per heavy atom. The van der Waals surface area contributed by atoms with Crippen LogP contribution in [0.25, 0.3) is 0 Å². The van der Waals surface area contributed by atoms with E-state index in [1.165, 1.54) is 16.7 Å². The third kappa shape index (κ3) is 2.20. The quantitative estimate of drug-likeness (QED) is 0.582. The molecular formula is C15H18. The SMILES string of the molecule is CCC1=C(C)C=CC2=CC=CCC=C2C1. The fraction of sp³-hybridized carbons (Fsp3) is 0.333. The number of fused-ring (bicyclic) bond motifs is 1. The highest BCUT2D eigenvalue weighted by molar-refractivity contribution is 5.50. The molecule has 0 nitrogen and oxygen atoms in total. The van der Waals surface area contributed by atoms with Crippen LogP contribution in [0.5, 0.6) is 0 Å². The van der Waals surface area contributed by atoms with Crippen LogP contribution < -0.4 is 0 Å². The molecule has 0 saturated heterocycles. The van der Waals surface area contributed by atoms with Crippen molar-refractivity contribution in [3.8, 4) is 0 Å². The first-order chi connectivity index (χ1) is 7.31. The minimum Gasteiger partial charge on any atom is -0.0807 e. The summed E-state index contributed by atoms with van der Waals surface area (Å²) < 4.78 is 0. The van der Waals surface area contributed by atoms with E-state index < -0.39 is 0 Å². The molecule has 0 heteroatoms. The number of hydrogen-bond donors (Lipinski definition) is 0. The molecule has 0 saturated carbocycles. The Morgan fingerprint density at radius 1 is 1.27 bits per heavy atom. The van der Waals surface area contributed by atoms with Gasteiger partial charge in [0, 0.05) is 0 Å². The normalized spacial score (nSPS) is 20.4. The average molecular weight is 198 g/mol. The van der Waals surface area contributed by atoms with Gasteiger partial charge in [-0.05, 0) is 37.3 Å². The van der Waals surface area contributed by atoms with Gasteiger partial charge in [0.1, 0.15) is 0 Å². The molecule has 0 aromatic rings. The zero-order chi connectivity index (χ0) is 10.7. The fourth-order valence-electron chi connectivity index (χ4n) is 2.13. The Bertz CT molecular complexity index is 398. The van der Waals surface area contributed by atoms with E-state index in [1.54, 1.807) is 5.57 Å². The predicted octanol–water partition coefficient (Wildman–Crippen LogP) is 4.49. The van der Waals surface area contributed by atoms with E-state index in [2.05, 4.69) is 50.3 Å². The molecule has 2 aliphatic carbocycles. The summed E-state index contributed by atoms with van der Waals surface area (Å²) in [5, 5.41) is 0. The summed E-state index contributed by atoms with van der Waals surface area (Å²) >= 11 is 0. The van der Waals surface area contributed by atoms with Crippen LogP contribution in [0.15, 0.2) is 58.7 Å². The van der Waals surface area contributed by atoms with Gasteiger partial charge in [-0.25, -0.2) is 0 Å². The van der Waals surface area contributed by atoms with Crippen molar-refractivity contribution in [1.29, 1.82) is 0 Å². The Hall–Kier alpha value is -1.30. The minimum atomic E-state index is 1.07. The summed E-state index contributed by atoms with van der Waals surface area (Å²) in [6, 6.07) is 0. The van der Waals surface area contributed by atoms with Gasteiger partial charge in [-0.2, -0.15) is 0 Å². The predicted molar refractivity (Wildman–Crippen MR) is 66.7 cm³/mol. The smallest absolute Gasteiger partial charge is 0.00586 e. The molecule has 0 radical (unpaired) electrons. The molecule has 0 spiro atoms. The Morgan fingerprint density at radius 3 is 2.93 bits per heavy atom. The molecule has 0 bridgehead atoms. The van der Waals surface area contributed by atoms with Crippen LogP contribution in [-0.4, -0.2) is 0 Å². The van der Waals surface area contributed by atoms with Crippen molar-refractivity contribution in [2.75, 3.05) is 0 Å². The maximum Gasteiger partial charge on any atom is -0.00586 e. The highest BCUT2D eigenvalue weighted by Crippen LogP contribution is 2.29. The highest BCUT2D eigenvalue weighted by atomic mass is 14.2. The van der Waals surface area contributed by atoms with Crippen molar-refractivity contribution in [3.05, 3.63) is 58.7 Å². The largest absolute Gasteiger partial charge is 0.0807 e. The molecular weight excluding hydrogens is 180 g/mol. The van der Waals surface area contributed by atoms with Gasteiger partial charge in [0.15, 0.2) is 0 Å². The molecule has 0 unspecified atom stereocenters. The van der Waals surface area contributed by atoms with E-state index in [-0.39, 0.29) is 0 Å². The van der Waals surface area contributed by atoms with E-state index in [1.807, 2.05) is 0 Å². The average Bonchev–Trinajstić information content (AvgIpc) is 2.53. The van der Waals surface area contributed by atoms with Gasteiger partial charge in [-0.1, -0.05) is 54.5 Å². The van der Waals surface area contributed by atoms with Gasteiger partial charge in [-0.3, -0.25) is 0 Å². The zero-order valence-electron chi connectivity index (χ0n) is 9.59. The first-order valence-corrected chi connectivity index (χ1v) is 5.74. The molecule has 0 heterocycles. The van der Waals surface area contributed by atoms with Crippen LogP contribution in [0.1, 0.15) is 33.1 Å². The van der Waals surface area contributed by atoms with Gasteiger partial charge in [0.25, 0.3) is 0 Å². The third-order valence-corrected chi connectivity index (χ3v) is 3.18. The summed E-state index contributed by atoms with van der Waals surface area (Å²) in [4.78, 5) is 0. The molecule has 78 valence electrons. The molecule has 0 amide bonds. The Labute approximate surface area is 92.4 Å².